The van der Waals surface area contributed by atoms with E-state index >= 15 is 0 Å². The SMILES string of the molecule is CN(C)C(=O)C[C@@H]1CN(Cc2ccn(C)n2)[C@@H]2CO[C@@H](CC(=O)N(C)C)[C@H]12. The van der Waals surface area contributed by atoms with Gasteiger partial charge in [0.2, 0.25) is 11.8 Å². The molecule has 4 atom stereocenters. The fraction of sp³-hybridized carbons (Fsp3) is 0.737. The number of ether oxygens (including phenoxy) is 1. The molecule has 0 spiro atoms. The molecular weight excluding hydrogens is 346 g/mol. The second-order valence-electron chi connectivity index (χ2n) is 8.17. The molecule has 0 radical (unpaired) electrons. The number of carbonyl (C=O) groups excluding carboxylic acids is 2. The van der Waals surface area contributed by atoms with E-state index in [1.54, 1.807) is 42.7 Å². The Balaban J connectivity index is 1.76. The Kier molecular flexibility index (Phi) is 5.86. The van der Waals surface area contributed by atoms with E-state index in [1.165, 1.54) is 0 Å². The number of nitrogens with zero attached hydrogens (tertiary/aromatic N) is 5. The number of aromatic nitrogens is 2. The Morgan fingerprint density at radius 1 is 1.19 bits per heavy atom. The molecular formula is C19H31N5O3. The zero-order chi connectivity index (χ0) is 19.7. The molecule has 3 rings (SSSR count). The van der Waals surface area contributed by atoms with Crippen LogP contribution in [0, 0.1) is 11.8 Å². The Labute approximate surface area is 161 Å². The van der Waals surface area contributed by atoms with E-state index in [0.29, 0.717) is 19.4 Å². The minimum Gasteiger partial charge on any atom is -0.376 e. The third-order valence-corrected chi connectivity index (χ3v) is 5.78. The highest BCUT2D eigenvalue weighted by Gasteiger charge is 2.51. The Hall–Kier alpha value is -1.93. The summed E-state index contributed by atoms with van der Waals surface area (Å²) < 4.78 is 7.85. The van der Waals surface area contributed by atoms with Gasteiger partial charge < -0.3 is 14.5 Å². The Bertz CT molecular complexity index is 687. The average Bonchev–Trinajstić information content (AvgIpc) is 3.27. The lowest BCUT2D eigenvalue weighted by Gasteiger charge is -2.24. The van der Waals surface area contributed by atoms with Crippen LogP contribution in [0.4, 0.5) is 0 Å². The zero-order valence-electron chi connectivity index (χ0n) is 17.0. The van der Waals surface area contributed by atoms with Crippen LogP contribution in [0.25, 0.3) is 0 Å². The van der Waals surface area contributed by atoms with Gasteiger partial charge in [0.15, 0.2) is 0 Å². The molecule has 2 aliphatic rings. The standard InChI is InChI=1S/C19H31N5O3/c1-21(2)17(25)8-13-10-24(11-14-6-7-23(5)20-14)15-12-27-16(19(13)15)9-18(26)22(3)4/h6-7,13,15-16,19H,8-12H2,1-5H3/t13-,15-,16+,19-/m1/s1. The molecule has 150 valence electrons. The molecule has 2 aliphatic heterocycles. The van der Waals surface area contributed by atoms with Gasteiger partial charge in [-0.15, -0.1) is 0 Å². The molecule has 8 nitrogen and oxygen atoms in total. The lowest BCUT2D eigenvalue weighted by molar-refractivity contribution is -0.131. The van der Waals surface area contributed by atoms with Crippen LogP contribution in [0.15, 0.2) is 12.3 Å². The van der Waals surface area contributed by atoms with E-state index in [1.807, 2.05) is 19.3 Å². The van der Waals surface area contributed by atoms with E-state index in [2.05, 4.69) is 10.00 Å². The maximum absolute atomic E-state index is 12.4. The molecule has 2 fully saturated rings. The molecule has 2 amide bonds. The molecule has 1 aromatic rings. The highest BCUT2D eigenvalue weighted by Crippen LogP contribution is 2.42. The third-order valence-electron chi connectivity index (χ3n) is 5.78. The predicted molar refractivity (Wildman–Crippen MR) is 101 cm³/mol. The summed E-state index contributed by atoms with van der Waals surface area (Å²) in [4.78, 5) is 30.2. The van der Waals surface area contributed by atoms with Crippen molar-refractivity contribution in [3.05, 3.63) is 18.0 Å². The number of carbonyl (C=O) groups is 2. The fourth-order valence-corrected chi connectivity index (χ4v) is 4.31. The van der Waals surface area contributed by atoms with Crippen LogP contribution in [0.3, 0.4) is 0 Å². The van der Waals surface area contributed by atoms with E-state index in [0.717, 1.165) is 18.8 Å². The number of amides is 2. The molecule has 1 aromatic heterocycles. The molecule has 3 heterocycles. The zero-order valence-corrected chi connectivity index (χ0v) is 17.0. The van der Waals surface area contributed by atoms with Crippen molar-refractivity contribution < 1.29 is 14.3 Å². The van der Waals surface area contributed by atoms with Gasteiger partial charge in [0.05, 0.1) is 24.8 Å². The van der Waals surface area contributed by atoms with E-state index in [-0.39, 0.29) is 35.8 Å². The van der Waals surface area contributed by atoms with Crippen molar-refractivity contribution in [2.75, 3.05) is 41.3 Å². The van der Waals surface area contributed by atoms with Gasteiger partial charge in [0.1, 0.15) is 0 Å². The van der Waals surface area contributed by atoms with E-state index in [9.17, 15) is 9.59 Å². The highest BCUT2D eigenvalue weighted by atomic mass is 16.5. The van der Waals surface area contributed by atoms with Gasteiger partial charge >= 0.3 is 0 Å². The number of hydrogen-bond acceptors (Lipinski definition) is 5. The summed E-state index contributed by atoms with van der Waals surface area (Å²) in [5.74, 6) is 0.585. The summed E-state index contributed by atoms with van der Waals surface area (Å²) in [6.45, 7) is 2.18. The minimum absolute atomic E-state index is 0.0708. The summed E-state index contributed by atoms with van der Waals surface area (Å²) in [5.41, 5.74) is 1.02. The molecule has 8 heteroatoms. The maximum Gasteiger partial charge on any atom is 0.224 e. The van der Waals surface area contributed by atoms with Crippen molar-refractivity contribution in [3.63, 3.8) is 0 Å². The number of likely N-dealkylation sites (tertiary alicyclic amines) is 1. The topological polar surface area (TPSA) is 70.9 Å². The first-order valence-corrected chi connectivity index (χ1v) is 9.50. The van der Waals surface area contributed by atoms with Gasteiger partial charge in [0, 0.05) is 72.9 Å². The van der Waals surface area contributed by atoms with Gasteiger partial charge in [0.25, 0.3) is 0 Å². The first-order valence-electron chi connectivity index (χ1n) is 9.50. The van der Waals surface area contributed by atoms with Gasteiger partial charge in [-0.3, -0.25) is 19.2 Å². The number of aryl methyl sites for hydroxylation is 1. The molecule has 27 heavy (non-hydrogen) atoms. The lowest BCUT2D eigenvalue weighted by Crippen LogP contribution is -2.35. The van der Waals surface area contributed by atoms with Gasteiger partial charge in [-0.25, -0.2) is 0 Å². The highest BCUT2D eigenvalue weighted by molar-refractivity contribution is 5.77. The average molecular weight is 377 g/mol. The fourth-order valence-electron chi connectivity index (χ4n) is 4.31. The summed E-state index contributed by atoms with van der Waals surface area (Å²) in [7, 11) is 9.03. The van der Waals surface area contributed by atoms with Crippen LogP contribution in [0.2, 0.25) is 0 Å². The lowest BCUT2D eigenvalue weighted by atomic mass is 9.84. The monoisotopic (exact) mass is 377 g/mol. The first kappa shape index (κ1) is 19.8. The molecule has 0 saturated carbocycles. The third kappa shape index (κ3) is 4.32. The second kappa shape index (κ2) is 7.98. The predicted octanol–water partition coefficient (Wildman–Crippen LogP) is 0.192. The van der Waals surface area contributed by atoms with E-state index in [4.69, 9.17) is 4.74 Å². The van der Waals surface area contributed by atoms with Crippen LogP contribution in [-0.4, -0.2) is 89.8 Å². The second-order valence-corrected chi connectivity index (χ2v) is 8.17. The number of fused-ring (bicyclic) bond motifs is 1. The van der Waals surface area contributed by atoms with Crippen LogP contribution in [-0.2, 0) is 27.9 Å². The molecule has 2 saturated heterocycles. The summed E-state index contributed by atoms with van der Waals surface area (Å²) >= 11 is 0. The quantitative estimate of drug-likeness (QED) is 0.708. The Morgan fingerprint density at radius 3 is 2.44 bits per heavy atom. The molecule has 0 unspecified atom stereocenters. The summed E-state index contributed by atoms with van der Waals surface area (Å²) in [6, 6.07) is 2.25. The smallest absolute Gasteiger partial charge is 0.224 e. The van der Waals surface area contributed by atoms with Crippen LogP contribution in [0.5, 0.6) is 0 Å². The summed E-state index contributed by atoms with van der Waals surface area (Å²) in [6.07, 6.45) is 2.68. The van der Waals surface area contributed by atoms with Gasteiger partial charge in [-0.05, 0) is 12.0 Å². The maximum atomic E-state index is 12.4. The molecule has 0 bridgehead atoms. The van der Waals surface area contributed by atoms with Crippen molar-refractivity contribution in [2.24, 2.45) is 18.9 Å². The minimum atomic E-state index is -0.126. The van der Waals surface area contributed by atoms with Crippen molar-refractivity contribution in [1.82, 2.24) is 24.5 Å². The van der Waals surface area contributed by atoms with E-state index < -0.39 is 0 Å². The van der Waals surface area contributed by atoms with Crippen LogP contribution >= 0.6 is 0 Å². The van der Waals surface area contributed by atoms with Crippen molar-refractivity contribution in [1.29, 1.82) is 0 Å². The van der Waals surface area contributed by atoms with Crippen molar-refractivity contribution in [2.45, 2.75) is 31.5 Å². The number of hydrogen-bond donors (Lipinski definition) is 0. The van der Waals surface area contributed by atoms with Crippen molar-refractivity contribution in [3.8, 4) is 0 Å². The van der Waals surface area contributed by atoms with Gasteiger partial charge in [-0.2, -0.15) is 5.10 Å². The summed E-state index contributed by atoms with van der Waals surface area (Å²) in [5, 5.41) is 4.49. The molecule has 0 N–H and O–H groups in total. The van der Waals surface area contributed by atoms with Crippen LogP contribution < -0.4 is 0 Å². The first-order chi connectivity index (χ1) is 12.8. The van der Waals surface area contributed by atoms with Gasteiger partial charge in [-0.1, -0.05) is 0 Å². The Morgan fingerprint density at radius 2 is 1.85 bits per heavy atom. The van der Waals surface area contributed by atoms with Crippen molar-refractivity contribution >= 4 is 11.8 Å². The normalized spacial score (nSPS) is 27.6. The largest absolute Gasteiger partial charge is 0.376 e. The number of rotatable bonds is 6. The molecule has 0 aliphatic carbocycles. The molecule has 0 aromatic carbocycles. The van der Waals surface area contributed by atoms with Crippen LogP contribution in [0.1, 0.15) is 18.5 Å².